The lowest BCUT2D eigenvalue weighted by Crippen LogP contribution is -2.13. The van der Waals surface area contributed by atoms with Crippen molar-refractivity contribution in [3.05, 3.63) is 58.4 Å². The van der Waals surface area contributed by atoms with Gasteiger partial charge in [-0.3, -0.25) is 4.98 Å². The van der Waals surface area contributed by atoms with E-state index in [1.165, 1.54) is 0 Å². The molecule has 3 nitrogen and oxygen atoms in total. The highest BCUT2D eigenvalue weighted by atomic mass is 35.5. The van der Waals surface area contributed by atoms with E-state index in [-0.39, 0.29) is 0 Å². The van der Waals surface area contributed by atoms with E-state index in [1.807, 2.05) is 43.3 Å². The number of pyridine rings is 1. The van der Waals surface area contributed by atoms with Gasteiger partial charge in [0.2, 0.25) is 0 Å². The van der Waals surface area contributed by atoms with Gasteiger partial charge >= 0.3 is 0 Å². The Morgan fingerprint density at radius 3 is 2.85 bits per heavy atom. The predicted molar refractivity (Wildman–Crippen MR) is 82.1 cm³/mol. The molecule has 0 atom stereocenters. The minimum Gasteiger partial charge on any atom is -0.487 e. The summed E-state index contributed by atoms with van der Waals surface area (Å²) in [4.78, 5) is 4.43. The molecule has 1 heterocycles. The van der Waals surface area contributed by atoms with Gasteiger partial charge in [-0.15, -0.1) is 0 Å². The van der Waals surface area contributed by atoms with Gasteiger partial charge in [0.05, 0.1) is 5.69 Å². The molecule has 0 fully saturated rings. The number of ether oxygens (including phenoxy) is 1. The highest BCUT2D eigenvalue weighted by Crippen LogP contribution is 2.23. The van der Waals surface area contributed by atoms with Gasteiger partial charge in [-0.25, -0.2) is 0 Å². The molecule has 1 aromatic heterocycles. The Labute approximate surface area is 124 Å². The number of aromatic nitrogens is 1. The van der Waals surface area contributed by atoms with Crippen LogP contribution in [0.4, 0.5) is 0 Å². The smallest absolute Gasteiger partial charge is 0.130 e. The molecule has 0 amide bonds. The fourth-order valence-electron chi connectivity index (χ4n) is 1.92. The first-order chi connectivity index (χ1) is 9.69. The largest absolute Gasteiger partial charge is 0.487 e. The average molecular weight is 291 g/mol. The maximum Gasteiger partial charge on any atom is 0.130 e. The van der Waals surface area contributed by atoms with E-state index in [1.54, 1.807) is 0 Å². The summed E-state index contributed by atoms with van der Waals surface area (Å²) < 4.78 is 5.87. The van der Waals surface area contributed by atoms with Crippen molar-refractivity contribution in [2.45, 2.75) is 27.0 Å². The first-order valence-electron chi connectivity index (χ1n) is 6.73. The van der Waals surface area contributed by atoms with Crippen molar-refractivity contribution in [2.75, 3.05) is 6.54 Å². The van der Waals surface area contributed by atoms with Crippen LogP contribution in [-0.4, -0.2) is 11.5 Å². The Morgan fingerprint density at radius 2 is 2.10 bits per heavy atom. The molecule has 1 N–H and O–H groups in total. The van der Waals surface area contributed by atoms with Gasteiger partial charge in [0, 0.05) is 22.8 Å². The maximum atomic E-state index is 6.04. The monoisotopic (exact) mass is 290 g/mol. The quantitative estimate of drug-likeness (QED) is 0.880. The average Bonchev–Trinajstić information content (AvgIpc) is 2.44. The van der Waals surface area contributed by atoms with Crippen LogP contribution in [-0.2, 0) is 13.2 Å². The predicted octanol–water partition coefficient (Wildman–Crippen LogP) is 3.73. The Bertz CT molecular complexity index is 572. The van der Waals surface area contributed by atoms with Crippen molar-refractivity contribution in [1.29, 1.82) is 0 Å². The second-order valence-electron chi connectivity index (χ2n) is 4.59. The third-order valence-electron chi connectivity index (χ3n) is 2.91. The third-order valence-corrected chi connectivity index (χ3v) is 3.14. The van der Waals surface area contributed by atoms with Gasteiger partial charge in [-0.1, -0.05) is 24.6 Å². The number of aryl methyl sites for hydroxylation is 1. The number of benzene rings is 1. The van der Waals surface area contributed by atoms with Gasteiger partial charge in [0.25, 0.3) is 0 Å². The summed E-state index contributed by atoms with van der Waals surface area (Å²) in [5.41, 5.74) is 2.98. The summed E-state index contributed by atoms with van der Waals surface area (Å²) >= 11 is 6.04. The Morgan fingerprint density at radius 1 is 1.25 bits per heavy atom. The molecule has 0 saturated heterocycles. The minimum atomic E-state index is 0.461. The van der Waals surface area contributed by atoms with Gasteiger partial charge < -0.3 is 10.1 Å². The molecular formula is C16H19ClN2O. The molecule has 20 heavy (non-hydrogen) atoms. The van der Waals surface area contributed by atoms with Crippen LogP contribution < -0.4 is 10.1 Å². The fourth-order valence-corrected chi connectivity index (χ4v) is 2.11. The number of hydrogen-bond donors (Lipinski definition) is 1. The molecule has 0 saturated carbocycles. The lowest BCUT2D eigenvalue weighted by molar-refractivity contribution is 0.297. The number of nitrogens with zero attached hydrogens (tertiary/aromatic N) is 1. The number of hydrogen-bond acceptors (Lipinski definition) is 3. The topological polar surface area (TPSA) is 34.1 Å². The second-order valence-corrected chi connectivity index (χ2v) is 5.03. The zero-order valence-corrected chi connectivity index (χ0v) is 12.6. The van der Waals surface area contributed by atoms with Crippen molar-refractivity contribution >= 4 is 11.6 Å². The number of rotatable bonds is 6. The molecule has 0 aliphatic heterocycles. The second kappa shape index (κ2) is 7.27. The van der Waals surface area contributed by atoms with Gasteiger partial charge in [0.1, 0.15) is 12.4 Å². The standard InChI is InChI=1S/C16H19ClN2O/c1-3-18-10-13-9-14(17)7-8-16(13)20-11-15-6-4-5-12(2)19-15/h4-9,18H,3,10-11H2,1-2H3. The first kappa shape index (κ1) is 14.8. The van der Waals surface area contributed by atoms with Crippen LogP contribution in [0.25, 0.3) is 0 Å². The maximum absolute atomic E-state index is 6.04. The van der Waals surface area contributed by atoms with E-state index in [0.717, 1.165) is 40.8 Å². The molecule has 0 aliphatic rings. The summed E-state index contributed by atoms with van der Waals surface area (Å²) in [6.45, 7) is 6.16. The van der Waals surface area contributed by atoms with Crippen molar-refractivity contribution in [2.24, 2.45) is 0 Å². The number of nitrogens with one attached hydrogen (secondary N) is 1. The van der Waals surface area contributed by atoms with Crippen LogP contribution >= 0.6 is 11.6 Å². The fraction of sp³-hybridized carbons (Fsp3) is 0.312. The molecule has 2 aromatic rings. The van der Waals surface area contributed by atoms with Crippen molar-refractivity contribution in [3.8, 4) is 5.75 Å². The molecular weight excluding hydrogens is 272 g/mol. The lowest BCUT2D eigenvalue weighted by Gasteiger charge is -2.12. The molecule has 0 spiro atoms. The normalized spacial score (nSPS) is 10.6. The van der Waals surface area contributed by atoms with Crippen LogP contribution in [0, 0.1) is 6.92 Å². The van der Waals surface area contributed by atoms with E-state index < -0.39 is 0 Å². The Hall–Kier alpha value is -1.58. The van der Waals surface area contributed by atoms with Crippen LogP contribution in [0.15, 0.2) is 36.4 Å². The Kier molecular flexibility index (Phi) is 5.39. The van der Waals surface area contributed by atoms with Gasteiger partial charge in [-0.05, 0) is 43.8 Å². The first-order valence-corrected chi connectivity index (χ1v) is 7.11. The zero-order chi connectivity index (χ0) is 14.4. The zero-order valence-electron chi connectivity index (χ0n) is 11.8. The molecule has 0 aliphatic carbocycles. The molecule has 1 aromatic carbocycles. The highest BCUT2D eigenvalue weighted by molar-refractivity contribution is 6.30. The van der Waals surface area contributed by atoms with E-state index in [9.17, 15) is 0 Å². The summed E-state index contributed by atoms with van der Waals surface area (Å²) in [7, 11) is 0. The van der Waals surface area contributed by atoms with Gasteiger partial charge in [0.15, 0.2) is 0 Å². The Balaban J connectivity index is 2.08. The highest BCUT2D eigenvalue weighted by Gasteiger charge is 2.05. The van der Waals surface area contributed by atoms with Crippen molar-refractivity contribution < 1.29 is 4.74 Å². The van der Waals surface area contributed by atoms with E-state index in [2.05, 4.69) is 17.2 Å². The summed E-state index contributed by atoms with van der Waals surface area (Å²) in [5, 5.41) is 4.01. The van der Waals surface area contributed by atoms with E-state index in [0.29, 0.717) is 6.61 Å². The summed E-state index contributed by atoms with van der Waals surface area (Å²) in [5.74, 6) is 0.846. The van der Waals surface area contributed by atoms with Crippen LogP contribution in [0.3, 0.4) is 0 Å². The SMILES string of the molecule is CCNCc1cc(Cl)ccc1OCc1cccc(C)n1. The molecule has 0 unspecified atom stereocenters. The van der Waals surface area contributed by atoms with Crippen LogP contribution in [0.2, 0.25) is 5.02 Å². The molecule has 106 valence electrons. The summed E-state index contributed by atoms with van der Waals surface area (Å²) in [6, 6.07) is 11.6. The minimum absolute atomic E-state index is 0.461. The summed E-state index contributed by atoms with van der Waals surface area (Å²) in [6.07, 6.45) is 0. The van der Waals surface area contributed by atoms with Crippen molar-refractivity contribution in [1.82, 2.24) is 10.3 Å². The molecule has 4 heteroatoms. The van der Waals surface area contributed by atoms with Crippen LogP contribution in [0.5, 0.6) is 5.75 Å². The lowest BCUT2D eigenvalue weighted by atomic mass is 10.2. The van der Waals surface area contributed by atoms with E-state index in [4.69, 9.17) is 16.3 Å². The van der Waals surface area contributed by atoms with Crippen molar-refractivity contribution in [3.63, 3.8) is 0 Å². The molecule has 0 radical (unpaired) electrons. The van der Waals surface area contributed by atoms with Crippen LogP contribution in [0.1, 0.15) is 23.9 Å². The number of halogens is 1. The van der Waals surface area contributed by atoms with E-state index >= 15 is 0 Å². The molecule has 0 bridgehead atoms. The third kappa shape index (κ3) is 4.22. The molecule has 2 rings (SSSR count). The van der Waals surface area contributed by atoms with Gasteiger partial charge in [-0.2, -0.15) is 0 Å².